The second-order valence-electron chi connectivity index (χ2n) is 13.6. The zero-order chi connectivity index (χ0) is 31.2. The van der Waals surface area contributed by atoms with Crippen molar-refractivity contribution in [3.05, 3.63) is 136 Å². The Balaban J connectivity index is 1.36. The number of hydrogen-bond donors (Lipinski definition) is 0. The van der Waals surface area contributed by atoms with Crippen molar-refractivity contribution in [3.8, 4) is 0 Å². The van der Waals surface area contributed by atoms with Crippen LogP contribution < -0.4 is 4.90 Å². The highest BCUT2D eigenvalue weighted by molar-refractivity contribution is 6.04. The minimum atomic E-state index is -0.235. The fourth-order valence-corrected chi connectivity index (χ4v) is 8.74. The van der Waals surface area contributed by atoms with Crippen LogP contribution in [0.5, 0.6) is 0 Å². The van der Waals surface area contributed by atoms with Gasteiger partial charge in [0.15, 0.2) is 11.4 Å². The molecule has 1 saturated carbocycles. The normalized spacial score (nSPS) is 21.2. The number of fused-ring (bicyclic) bond motifs is 5. The molecule has 0 amide bonds. The van der Waals surface area contributed by atoms with E-state index in [1.165, 1.54) is 82.4 Å². The Hall–Kier alpha value is -4.42. The van der Waals surface area contributed by atoms with E-state index in [2.05, 4.69) is 127 Å². The van der Waals surface area contributed by atoms with Gasteiger partial charge in [-0.3, -0.25) is 0 Å². The number of aryl methyl sites for hydroxylation is 1. The molecule has 3 nitrogen and oxygen atoms in total. The summed E-state index contributed by atoms with van der Waals surface area (Å²) in [4.78, 5) is 6.05. The fourth-order valence-electron chi connectivity index (χ4n) is 8.74. The molecule has 2 aliphatic heterocycles. The highest BCUT2D eigenvalue weighted by Gasteiger charge is 2.51. The van der Waals surface area contributed by atoms with Crippen molar-refractivity contribution < 1.29 is 4.58 Å². The summed E-state index contributed by atoms with van der Waals surface area (Å²) in [6.45, 7) is 15.4. The topological polar surface area (TPSA) is 10.6 Å². The van der Waals surface area contributed by atoms with Crippen LogP contribution in [0.3, 0.4) is 0 Å². The minimum absolute atomic E-state index is 0.110. The van der Waals surface area contributed by atoms with Crippen LogP contribution in [-0.4, -0.2) is 23.9 Å². The number of allylic oxidation sites excluding steroid dienone is 4. The first kappa shape index (κ1) is 29.3. The van der Waals surface area contributed by atoms with Crippen LogP contribution in [-0.2, 0) is 17.3 Å². The summed E-state index contributed by atoms with van der Waals surface area (Å²) in [6, 6.07) is 28.7. The molecule has 7 rings (SSSR count). The van der Waals surface area contributed by atoms with Crippen LogP contribution in [0, 0.1) is 13.5 Å². The fraction of sp³-hybridized carbons (Fsp3) is 0.333. The monoisotopic (exact) mass is 590 g/mol. The summed E-state index contributed by atoms with van der Waals surface area (Å²) in [5, 5.41) is 2.60. The van der Waals surface area contributed by atoms with Crippen LogP contribution in [0.25, 0.3) is 15.6 Å². The van der Waals surface area contributed by atoms with E-state index in [0.717, 1.165) is 19.4 Å². The highest BCUT2D eigenvalue weighted by atomic mass is 15.2. The standard InChI is InChI=1S/C42H44N3/c1-6-27-45-36-23-17-30(2)28-35(36)42(25-10-7-11-26-42)39(45)16-12-15-38-41(3,29-31-18-21-33(43-4)22-19-31)40-34-14-9-8-13-32(34)20-24-37(40)44(38)5/h8-9,12-24,28H,6-7,10-11,25-27,29H2,1-3,5H3/q+1. The van der Waals surface area contributed by atoms with Crippen molar-refractivity contribution in [2.45, 2.75) is 76.5 Å². The number of likely N-dealkylation sites (N-methyl/N-ethyl adjacent to an activating group) is 1. The molecule has 0 aromatic heterocycles. The first-order chi connectivity index (χ1) is 21.9. The summed E-state index contributed by atoms with van der Waals surface area (Å²) in [7, 11) is 2.23. The van der Waals surface area contributed by atoms with Crippen LogP contribution in [0.15, 0.2) is 103 Å². The van der Waals surface area contributed by atoms with Gasteiger partial charge in [-0.05, 0) is 73.2 Å². The van der Waals surface area contributed by atoms with E-state index in [1.54, 1.807) is 5.56 Å². The van der Waals surface area contributed by atoms with Gasteiger partial charge in [-0.25, -0.2) is 4.85 Å². The molecule has 0 saturated heterocycles. The molecule has 0 bridgehead atoms. The first-order valence-electron chi connectivity index (χ1n) is 16.8. The molecule has 3 aliphatic rings. The quantitative estimate of drug-likeness (QED) is 0.161. The van der Waals surface area contributed by atoms with Gasteiger partial charge < -0.3 is 4.90 Å². The Morgan fingerprint density at radius 3 is 2.49 bits per heavy atom. The summed E-state index contributed by atoms with van der Waals surface area (Å²) in [6.07, 6.45) is 15.6. The van der Waals surface area contributed by atoms with Gasteiger partial charge in [-0.1, -0.05) is 98.5 Å². The Bertz CT molecular complexity index is 1910. The molecule has 1 atom stereocenters. The molecular formula is C42H44N3+. The molecule has 3 heteroatoms. The highest BCUT2D eigenvalue weighted by Crippen LogP contribution is 2.52. The number of anilines is 1. The van der Waals surface area contributed by atoms with Crippen LogP contribution >= 0.6 is 0 Å². The minimum Gasteiger partial charge on any atom is -0.347 e. The van der Waals surface area contributed by atoms with Gasteiger partial charge in [0.25, 0.3) is 0 Å². The summed E-state index contributed by atoms with van der Waals surface area (Å²) >= 11 is 0. The predicted molar refractivity (Wildman–Crippen MR) is 189 cm³/mol. The summed E-state index contributed by atoms with van der Waals surface area (Å²) in [5.74, 6) is 0. The lowest BCUT2D eigenvalue weighted by Gasteiger charge is -2.32. The Labute approximate surface area is 269 Å². The molecule has 1 spiro atoms. The maximum atomic E-state index is 7.43. The lowest BCUT2D eigenvalue weighted by Crippen LogP contribution is -2.36. The molecular weight excluding hydrogens is 546 g/mol. The second kappa shape index (κ2) is 11.5. The molecule has 0 N–H and O–H groups in total. The van der Waals surface area contributed by atoms with Crippen molar-refractivity contribution in [1.82, 2.24) is 0 Å². The maximum absolute atomic E-state index is 7.43. The molecule has 2 heterocycles. The van der Waals surface area contributed by atoms with Gasteiger partial charge in [0, 0.05) is 48.0 Å². The van der Waals surface area contributed by atoms with Crippen LogP contribution in [0.2, 0.25) is 0 Å². The first-order valence-corrected chi connectivity index (χ1v) is 16.8. The average molecular weight is 591 g/mol. The molecule has 45 heavy (non-hydrogen) atoms. The smallest absolute Gasteiger partial charge is 0.209 e. The van der Waals surface area contributed by atoms with Crippen molar-refractivity contribution >= 4 is 33.5 Å². The Morgan fingerprint density at radius 2 is 1.73 bits per heavy atom. The van der Waals surface area contributed by atoms with Crippen molar-refractivity contribution in [2.75, 3.05) is 18.5 Å². The molecule has 1 aliphatic carbocycles. The van der Waals surface area contributed by atoms with Gasteiger partial charge >= 0.3 is 0 Å². The predicted octanol–water partition coefficient (Wildman–Crippen LogP) is 10.5. The van der Waals surface area contributed by atoms with Gasteiger partial charge in [-0.2, -0.15) is 4.58 Å². The molecule has 1 fully saturated rings. The third-order valence-corrected chi connectivity index (χ3v) is 10.8. The van der Waals surface area contributed by atoms with E-state index < -0.39 is 0 Å². The Kier molecular flexibility index (Phi) is 7.49. The largest absolute Gasteiger partial charge is 0.347 e. The van der Waals surface area contributed by atoms with E-state index >= 15 is 0 Å². The van der Waals surface area contributed by atoms with Crippen molar-refractivity contribution in [2.24, 2.45) is 0 Å². The lowest BCUT2D eigenvalue weighted by atomic mass is 9.67. The summed E-state index contributed by atoms with van der Waals surface area (Å²) < 4.78 is 2.63. The van der Waals surface area contributed by atoms with E-state index in [-0.39, 0.29) is 10.8 Å². The van der Waals surface area contributed by atoms with Gasteiger partial charge in [0.05, 0.1) is 12.0 Å². The number of hydrogen-bond acceptors (Lipinski definition) is 1. The van der Waals surface area contributed by atoms with Gasteiger partial charge in [0.2, 0.25) is 5.69 Å². The third kappa shape index (κ3) is 4.74. The summed E-state index contributed by atoms with van der Waals surface area (Å²) in [5.41, 5.74) is 11.6. The van der Waals surface area contributed by atoms with E-state index in [9.17, 15) is 0 Å². The molecule has 1 unspecified atom stereocenters. The third-order valence-electron chi connectivity index (χ3n) is 10.8. The van der Waals surface area contributed by atoms with E-state index in [1.807, 2.05) is 12.1 Å². The maximum Gasteiger partial charge on any atom is 0.209 e. The lowest BCUT2D eigenvalue weighted by molar-refractivity contribution is -0.437. The molecule has 226 valence electrons. The number of benzene rings is 4. The van der Waals surface area contributed by atoms with E-state index in [0.29, 0.717) is 5.69 Å². The van der Waals surface area contributed by atoms with Gasteiger partial charge in [0.1, 0.15) is 6.54 Å². The van der Waals surface area contributed by atoms with E-state index in [4.69, 9.17) is 6.57 Å². The zero-order valence-corrected chi connectivity index (χ0v) is 27.2. The molecule has 0 radical (unpaired) electrons. The SMILES string of the molecule is [C-]#[N+]c1ccc(CC2(C)C(=CC=CC3=[N+](CCC)c4ccc(C)cc4C34CCCCC4)N(C)c3ccc4ccccc4c32)cc1. The number of rotatable bonds is 6. The van der Waals surface area contributed by atoms with Crippen LogP contribution in [0.1, 0.15) is 74.6 Å². The van der Waals surface area contributed by atoms with Gasteiger partial charge in [-0.15, -0.1) is 0 Å². The molecule has 4 aromatic carbocycles. The Morgan fingerprint density at radius 1 is 0.956 bits per heavy atom. The van der Waals surface area contributed by atoms with Crippen molar-refractivity contribution in [1.29, 1.82) is 0 Å². The number of nitrogens with zero attached hydrogens (tertiary/aromatic N) is 3. The zero-order valence-electron chi connectivity index (χ0n) is 27.2. The van der Waals surface area contributed by atoms with Crippen molar-refractivity contribution in [3.63, 3.8) is 0 Å². The average Bonchev–Trinajstić information content (AvgIpc) is 3.42. The van der Waals surface area contributed by atoms with Crippen LogP contribution in [0.4, 0.5) is 17.1 Å². The second-order valence-corrected chi connectivity index (χ2v) is 13.6. The molecule has 4 aromatic rings.